The van der Waals surface area contributed by atoms with Crippen LogP contribution in [0.15, 0.2) is 53.3 Å². The van der Waals surface area contributed by atoms with E-state index >= 15 is 0 Å². The SMILES string of the molecule is COc1ccc(C(=O)Nn2nnc3ccccc3c2=O)cc1. The summed E-state index contributed by atoms with van der Waals surface area (Å²) in [7, 11) is 1.54. The first kappa shape index (κ1) is 13.7. The molecule has 0 unspecified atom stereocenters. The molecule has 22 heavy (non-hydrogen) atoms. The molecule has 1 aromatic heterocycles. The number of hydrogen-bond donors (Lipinski definition) is 1. The molecule has 1 heterocycles. The van der Waals surface area contributed by atoms with Crippen molar-refractivity contribution >= 4 is 16.8 Å². The molecule has 0 spiro atoms. The molecule has 1 N–H and O–H groups in total. The van der Waals surface area contributed by atoms with Crippen LogP contribution in [0.25, 0.3) is 10.9 Å². The van der Waals surface area contributed by atoms with Crippen molar-refractivity contribution in [2.24, 2.45) is 0 Å². The van der Waals surface area contributed by atoms with Crippen LogP contribution < -0.4 is 15.7 Å². The van der Waals surface area contributed by atoms with Crippen LogP contribution in [0.1, 0.15) is 10.4 Å². The Hall–Kier alpha value is -3.22. The zero-order chi connectivity index (χ0) is 15.5. The second kappa shape index (κ2) is 5.65. The minimum Gasteiger partial charge on any atom is -0.497 e. The molecule has 0 radical (unpaired) electrons. The summed E-state index contributed by atoms with van der Waals surface area (Å²) in [6.45, 7) is 0. The summed E-state index contributed by atoms with van der Waals surface area (Å²) in [6, 6.07) is 13.3. The van der Waals surface area contributed by atoms with E-state index in [1.165, 1.54) is 0 Å². The Kier molecular flexibility index (Phi) is 3.53. The lowest BCUT2D eigenvalue weighted by molar-refractivity contribution is 0.100. The minimum atomic E-state index is -0.464. The minimum absolute atomic E-state index is 0.377. The quantitative estimate of drug-likeness (QED) is 0.784. The summed E-state index contributed by atoms with van der Waals surface area (Å²) < 4.78 is 5.03. The van der Waals surface area contributed by atoms with Crippen LogP contribution in [0.4, 0.5) is 0 Å². The van der Waals surface area contributed by atoms with E-state index in [4.69, 9.17) is 4.74 Å². The van der Waals surface area contributed by atoms with Gasteiger partial charge in [-0.2, -0.15) is 0 Å². The third kappa shape index (κ3) is 2.51. The fraction of sp³-hybridized carbons (Fsp3) is 0.0667. The van der Waals surface area contributed by atoms with Gasteiger partial charge in [0.1, 0.15) is 11.3 Å². The van der Waals surface area contributed by atoms with E-state index < -0.39 is 11.5 Å². The Morgan fingerprint density at radius 2 is 1.86 bits per heavy atom. The first-order valence-electron chi connectivity index (χ1n) is 6.49. The van der Waals surface area contributed by atoms with Crippen LogP contribution in [0.5, 0.6) is 5.75 Å². The number of carbonyl (C=O) groups excluding carboxylic acids is 1. The fourth-order valence-corrected chi connectivity index (χ4v) is 1.97. The van der Waals surface area contributed by atoms with E-state index in [0.29, 0.717) is 22.2 Å². The standard InChI is InChI=1S/C15H12N4O3/c1-22-11-8-6-10(7-9-11)14(20)17-19-15(21)12-4-2-3-5-13(12)16-18-19/h2-9H,1H3,(H,17,20). The van der Waals surface area contributed by atoms with Crippen molar-refractivity contribution < 1.29 is 9.53 Å². The largest absolute Gasteiger partial charge is 0.497 e. The molecule has 0 aliphatic rings. The van der Waals surface area contributed by atoms with Crippen molar-refractivity contribution in [2.45, 2.75) is 0 Å². The maximum absolute atomic E-state index is 12.2. The summed E-state index contributed by atoms with van der Waals surface area (Å²) in [5.74, 6) is 0.175. The number of fused-ring (bicyclic) bond motifs is 1. The number of ether oxygens (including phenoxy) is 1. The molecule has 7 nitrogen and oxygen atoms in total. The van der Waals surface area contributed by atoms with E-state index in [1.54, 1.807) is 55.6 Å². The van der Waals surface area contributed by atoms with Gasteiger partial charge in [-0.05, 0) is 41.6 Å². The van der Waals surface area contributed by atoms with Crippen LogP contribution in [-0.2, 0) is 0 Å². The number of nitrogens with zero attached hydrogens (tertiary/aromatic N) is 3. The molecular weight excluding hydrogens is 284 g/mol. The lowest BCUT2D eigenvalue weighted by atomic mass is 10.2. The van der Waals surface area contributed by atoms with E-state index in [0.717, 1.165) is 4.79 Å². The second-order valence-electron chi connectivity index (χ2n) is 4.49. The van der Waals surface area contributed by atoms with Crippen molar-refractivity contribution in [2.75, 3.05) is 12.5 Å². The van der Waals surface area contributed by atoms with Crippen molar-refractivity contribution in [3.63, 3.8) is 0 Å². The number of hydrogen-bond acceptors (Lipinski definition) is 5. The Labute approximate surface area is 125 Å². The van der Waals surface area contributed by atoms with Crippen LogP contribution in [0.2, 0.25) is 0 Å². The third-order valence-corrected chi connectivity index (χ3v) is 3.13. The highest BCUT2D eigenvalue weighted by molar-refractivity contribution is 6.00. The molecular formula is C15H12N4O3. The molecule has 110 valence electrons. The number of nitrogens with one attached hydrogen (secondary N) is 1. The predicted molar refractivity (Wildman–Crippen MR) is 80.5 cm³/mol. The normalized spacial score (nSPS) is 10.4. The highest BCUT2D eigenvalue weighted by Crippen LogP contribution is 2.11. The van der Waals surface area contributed by atoms with Gasteiger partial charge >= 0.3 is 0 Å². The van der Waals surface area contributed by atoms with E-state index in [1.807, 2.05) is 0 Å². The van der Waals surface area contributed by atoms with Gasteiger partial charge in [-0.3, -0.25) is 9.59 Å². The highest BCUT2D eigenvalue weighted by atomic mass is 16.5. The highest BCUT2D eigenvalue weighted by Gasteiger charge is 2.10. The zero-order valence-corrected chi connectivity index (χ0v) is 11.7. The Morgan fingerprint density at radius 3 is 2.59 bits per heavy atom. The van der Waals surface area contributed by atoms with Crippen LogP contribution in [-0.4, -0.2) is 28.1 Å². The number of carbonyl (C=O) groups is 1. The Bertz CT molecular complexity index is 887. The summed E-state index contributed by atoms with van der Waals surface area (Å²) in [5.41, 5.74) is 2.82. The average Bonchev–Trinajstić information content (AvgIpc) is 2.57. The molecule has 0 bridgehead atoms. The van der Waals surface area contributed by atoms with Crippen molar-refractivity contribution in [1.29, 1.82) is 0 Å². The number of amides is 1. The van der Waals surface area contributed by atoms with Crippen LogP contribution >= 0.6 is 0 Å². The number of benzene rings is 2. The predicted octanol–water partition coefficient (Wildman–Crippen LogP) is 1.18. The van der Waals surface area contributed by atoms with Gasteiger partial charge in [0.2, 0.25) is 0 Å². The molecule has 0 atom stereocenters. The van der Waals surface area contributed by atoms with E-state index in [2.05, 4.69) is 15.7 Å². The first-order valence-corrected chi connectivity index (χ1v) is 6.49. The number of aromatic nitrogens is 3. The maximum Gasteiger partial charge on any atom is 0.297 e. The summed E-state index contributed by atoms with van der Waals surface area (Å²) in [6.07, 6.45) is 0. The van der Waals surface area contributed by atoms with Gasteiger partial charge in [0, 0.05) is 5.56 Å². The molecule has 0 aliphatic carbocycles. The third-order valence-electron chi connectivity index (χ3n) is 3.13. The van der Waals surface area contributed by atoms with E-state index in [9.17, 15) is 9.59 Å². The topological polar surface area (TPSA) is 86.1 Å². The summed E-state index contributed by atoms with van der Waals surface area (Å²) in [5, 5.41) is 7.98. The lowest BCUT2D eigenvalue weighted by Crippen LogP contribution is -2.35. The Balaban J connectivity index is 1.90. The summed E-state index contributed by atoms with van der Waals surface area (Å²) in [4.78, 5) is 25.2. The Morgan fingerprint density at radius 1 is 1.14 bits per heavy atom. The van der Waals surface area contributed by atoms with Gasteiger partial charge < -0.3 is 4.74 Å². The van der Waals surface area contributed by atoms with Gasteiger partial charge in [0.15, 0.2) is 0 Å². The molecule has 1 amide bonds. The molecule has 7 heteroatoms. The second-order valence-corrected chi connectivity index (χ2v) is 4.49. The first-order chi connectivity index (χ1) is 10.7. The van der Waals surface area contributed by atoms with Crippen molar-refractivity contribution in [3.8, 4) is 5.75 Å². The molecule has 0 aliphatic heterocycles. The zero-order valence-electron chi connectivity index (χ0n) is 11.7. The molecule has 0 saturated carbocycles. The van der Waals surface area contributed by atoms with Gasteiger partial charge in [0.05, 0.1) is 12.5 Å². The van der Waals surface area contributed by atoms with Gasteiger partial charge in [-0.15, -0.1) is 9.89 Å². The smallest absolute Gasteiger partial charge is 0.297 e. The number of rotatable bonds is 3. The van der Waals surface area contributed by atoms with Crippen LogP contribution in [0, 0.1) is 0 Å². The maximum atomic E-state index is 12.2. The van der Waals surface area contributed by atoms with Crippen LogP contribution in [0.3, 0.4) is 0 Å². The molecule has 0 fully saturated rings. The molecule has 0 saturated heterocycles. The molecule has 3 aromatic rings. The number of methoxy groups -OCH3 is 1. The monoisotopic (exact) mass is 296 g/mol. The summed E-state index contributed by atoms with van der Waals surface area (Å²) >= 11 is 0. The van der Waals surface area contributed by atoms with Gasteiger partial charge in [-0.1, -0.05) is 12.1 Å². The average molecular weight is 296 g/mol. The van der Waals surface area contributed by atoms with Crippen molar-refractivity contribution in [1.82, 2.24) is 15.1 Å². The molecule has 3 rings (SSSR count). The van der Waals surface area contributed by atoms with Crippen molar-refractivity contribution in [3.05, 3.63) is 64.4 Å². The van der Waals surface area contributed by atoms with E-state index in [-0.39, 0.29) is 0 Å². The van der Waals surface area contributed by atoms with Gasteiger partial charge in [0.25, 0.3) is 11.5 Å². The fourth-order valence-electron chi connectivity index (χ4n) is 1.97. The lowest BCUT2D eigenvalue weighted by Gasteiger charge is -2.07. The molecule has 2 aromatic carbocycles. The van der Waals surface area contributed by atoms with Gasteiger partial charge in [-0.25, -0.2) is 5.43 Å².